The maximum absolute atomic E-state index is 2.66. The highest BCUT2D eigenvalue weighted by Gasteiger charge is 2.45. The van der Waals surface area contributed by atoms with Crippen LogP contribution in [0.3, 0.4) is 0 Å². The highest BCUT2D eigenvalue weighted by molar-refractivity contribution is 6.93. The van der Waals surface area contributed by atoms with E-state index in [2.05, 4.69) is 164 Å². The molecule has 0 aromatic heterocycles. The van der Waals surface area contributed by atoms with E-state index < -0.39 is 0 Å². The minimum atomic E-state index is -0.0433. The zero-order chi connectivity index (χ0) is 27.7. The normalized spacial score (nSPS) is 13.6. The van der Waals surface area contributed by atoms with Gasteiger partial charge in [0, 0.05) is 39.4 Å². The second kappa shape index (κ2) is 8.87. The van der Waals surface area contributed by atoms with Gasteiger partial charge < -0.3 is 9.71 Å². The second-order valence-electron chi connectivity index (χ2n) is 12.2. The Labute approximate surface area is 242 Å². The van der Waals surface area contributed by atoms with Gasteiger partial charge in [0.2, 0.25) is 0 Å². The molecule has 6 aromatic carbocycles. The molecule has 2 heterocycles. The third-order valence-electron chi connectivity index (χ3n) is 8.75. The number of rotatable bonds is 2. The minimum Gasteiger partial charge on any atom is -0.376 e. The average molecular weight is 526 g/mol. The number of hydrogen-bond acceptors (Lipinski definition) is 2. The maximum Gasteiger partial charge on any atom is 0.333 e. The van der Waals surface area contributed by atoms with Crippen LogP contribution in [0, 0.1) is 0 Å². The fourth-order valence-electron chi connectivity index (χ4n) is 7.02. The van der Waals surface area contributed by atoms with Crippen LogP contribution in [0.4, 0.5) is 28.4 Å². The molecule has 2 aliphatic heterocycles. The van der Waals surface area contributed by atoms with Crippen LogP contribution in [-0.4, -0.2) is 6.85 Å². The van der Waals surface area contributed by atoms with Gasteiger partial charge in [-0.05, 0) is 63.2 Å². The molecule has 0 fully saturated rings. The quantitative estimate of drug-likeness (QED) is 0.208. The molecule has 0 radical (unpaired) electrons. The predicted molar refractivity (Wildman–Crippen MR) is 176 cm³/mol. The average Bonchev–Trinajstić information content (AvgIpc) is 3.01. The number of nitrogens with zero attached hydrogens (tertiary/aromatic N) is 2. The molecule has 0 bridgehead atoms. The second-order valence-corrected chi connectivity index (χ2v) is 12.2. The number of para-hydroxylation sites is 3. The first-order valence-electron chi connectivity index (χ1n) is 14.5. The molecule has 2 aliphatic rings. The molecule has 3 heteroatoms. The highest BCUT2D eigenvalue weighted by atomic mass is 15.2. The number of hydrogen-bond donors (Lipinski definition) is 0. The maximum atomic E-state index is 2.66. The molecule has 0 aliphatic carbocycles. The molecule has 2 nitrogen and oxygen atoms in total. The Morgan fingerprint density at radius 1 is 0.537 bits per heavy atom. The summed E-state index contributed by atoms with van der Waals surface area (Å²) in [5.41, 5.74) is 12.8. The number of benzene rings is 6. The Bertz CT molecular complexity index is 1950. The lowest BCUT2D eigenvalue weighted by Gasteiger charge is -2.47. The largest absolute Gasteiger partial charge is 0.376 e. The first kappa shape index (κ1) is 24.1. The van der Waals surface area contributed by atoms with Gasteiger partial charge in [-0.2, -0.15) is 0 Å². The summed E-state index contributed by atoms with van der Waals surface area (Å²) in [5, 5.41) is 2.56. The molecule has 0 spiro atoms. The van der Waals surface area contributed by atoms with Crippen LogP contribution in [0.5, 0.6) is 0 Å². The van der Waals surface area contributed by atoms with Crippen molar-refractivity contribution >= 4 is 57.0 Å². The van der Waals surface area contributed by atoms with Crippen molar-refractivity contribution in [2.45, 2.75) is 26.2 Å². The lowest BCUT2D eigenvalue weighted by Crippen LogP contribution is -2.61. The lowest BCUT2D eigenvalue weighted by molar-refractivity contribution is 0.592. The summed E-state index contributed by atoms with van der Waals surface area (Å²) < 4.78 is 0. The van der Waals surface area contributed by atoms with Crippen molar-refractivity contribution in [2.75, 3.05) is 9.71 Å². The topological polar surface area (TPSA) is 6.48 Å². The van der Waals surface area contributed by atoms with E-state index in [9.17, 15) is 0 Å². The smallest absolute Gasteiger partial charge is 0.333 e. The van der Waals surface area contributed by atoms with Crippen molar-refractivity contribution < 1.29 is 0 Å². The molecule has 0 N–H and O–H groups in total. The molecular weight excluding hydrogens is 495 g/mol. The van der Waals surface area contributed by atoms with Gasteiger partial charge >= 0.3 is 6.85 Å². The molecule has 8 rings (SSSR count). The molecule has 0 amide bonds. The van der Waals surface area contributed by atoms with Crippen LogP contribution in [-0.2, 0) is 5.41 Å². The molecule has 41 heavy (non-hydrogen) atoms. The molecule has 6 aromatic rings. The van der Waals surface area contributed by atoms with E-state index in [1.807, 2.05) is 0 Å². The van der Waals surface area contributed by atoms with Crippen molar-refractivity contribution in [2.24, 2.45) is 0 Å². The summed E-state index contributed by atoms with van der Waals surface area (Å²) in [6, 6.07) is 49.1. The van der Waals surface area contributed by atoms with Gasteiger partial charge in [0.1, 0.15) is 0 Å². The van der Waals surface area contributed by atoms with Gasteiger partial charge in [-0.1, -0.05) is 124 Å². The van der Waals surface area contributed by atoms with Gasteiger partial charge in [0.15, 0.2) is 0 Å². The van der Waals surface area contributed by atoms with Crippen LogP contribution in [0.2, 0.25) is 0 Å². The highest BCUT2D eigenvalue weighted by Crippen LogP contribution is 2.49. The summed E-state index contributed by atoms with van der Waals surface area (Å²) in [5.74, 6) is 0. The van der Waals surface area contributed by atoms with Crippen LogP contribution in [0.15, 0.2) is 133 Å². The van der Waals surface area contributed by atoms with E-state index in [0.29, 0.717) is 0 Å². The SMILES string of the molecule is CC(C)(C)c1ccc2ccccc2c1N1B2c3ccccc3N(c3ccccc3)c3cccc(c32)-c2ccccc21. The van der Waals surface area contributed by atoms with Crippen LogP contribution in [0.25, 0.3) is 21.9 Å². The van der Waals surface area contributed by atoms with Crippen LogP contribution >= 0.6 is 0 Å². The monoisotopic (exact) mass is 526 g/mol. The van der Waals surface area contributed by atoms with Crippen molar-refractivity contribution in [3.05, 3.63) is 139 Å². The molecule has 0 saturated heterocycles. The van der Waals surface area contributed by atoms with Crippen molar-refractivity contribution in [1.29, 1.82) is 0 Å². The Morgan fingerprint density at radius 3 is 2.02 bits per heavy atom. The predicted octanol–water partition coefficient (Wildman–Crippen LogP) is 8.84. The van der Waals surface area contributed by atoms with E-state index in [-0.39, 0.29) is 12.3 Å². The van der Waals surface area contributed by atoms with E-state index in [4.69, 9.17) is 0 Å². The van der Waals surface area contributed by atoms with Gasteiger partial charge in [-0.3, -0.25) is 0 Å². The Kier molecular flexibility index (Phi) is 5.21. The first-order chi connectivity index (χ1) is 20.0. The summed E-state index contributed by atoms with van der Waals surface area (Å²) in [6.45, 7) is 7.03. The zero-order valence-electron chi connectivity index (χ0n) is 23.7. The van der Waals surface area contributed by atoms with Crippen molar-refractivity contribution in [3.8, 4) is 11.1 Å². The minimum absolute atomic E-state index is 0.0270. The van der Waals surface area contributed by atoms with E-state index >= 15 is 0 Å². The first-order valence-corrected chi connectivity index (χ1v) is 14.5. The molecular formula is C38H31BN2. The fraction of sp³-hybridized carbons (Fsp3) is 0.105. The Hall–Kier alpha value is -4.76. The van der Waals surface area contributed by atoms with E-state index in [1.165, 1.54) is 66.8 Å². The summed E-state index contributed by atoms with van der Waals surface area (Å²) in [4.78, 5) is 5.11. The summed E-state index contributed by atoms with van der Waals surface area (Å²) >= 11 is 0. The summed E-state index contributed by atoms with van der Waals surface area (Å²) in [7, 11) is 0. The molecule has 0 saturated carbocycles. The molecule has 0 unspecified atom stereocenters. The van der Waals surface area contributed by atoms with Crippen molar-refractivity contribution in [1.82, 2.24) is 0 Å². The zero-order valence-corrected chi connectivity index (χ0v) is 23.7. The Balaban J connectivity index is 1.52. The van der Waals surface area contributed by atoms with Gasteiger partial charge in [-0.15, -0.1) is 0 Å². The van der Waals surface area contributed by atoms with Crippen LogP contribution < -0.4 is 20.6 Å². The third-order valence-corrected chi connectivity index (χ3v) is 8.75. The number of fused-ring (bicyclic) bond motifs is 5. The van der Waals surface area contributed by atoms with E-state index in [1.54, 1.807) is 0 Å². The summed E-state index contributed by atoms with van der Waals surface area (Å²) in [6.07, 6.45) is 0. The van der Waals surface area contributed by atoms with Gasteiger partial charge in [0.05, 0.1) is 0 Å². The lowest BCUT2D eigenvalue weighted by atomic mass is 9.43. The van der Waals surface area contributed by atoms with Gasteiger partial charge in [0.25, 0.3) is 0 Å². The van der Waals surface area contributed by atoms with Crippen LogP contribution in [0.1, 0.15) is 26.3 Å². The fourth-order valence-corrected chi connectivity index (χ4v) is 7.02. The molecule has 0 atom stereocenters. The molecule has 196 valence electrons. The van der Waals surface area contributed by atoms with Gasteiger partial charge in [-0.25, -0.2) is 0 Å². The standard InChI is InChI=1S/C38H31BN2/c1-38(2,3)31-25-24-26-14-7-8-17-28(26)37(31)41-33-21-11-9-18-29(33)30-19-13-23-35-36(30)39(41)32-20-10-12-22-34(32)40(35)27-15-5-4-6-16-27/h4-25H,1-3H3. The van der Waals surface area contributed by atoms with E-state index in [0.717, 1.165) is 0 Å². The van der Waals surface area contributed by atoms with Crippen molar-refractivity contribution in [3.63, 3.8) is 0 Å². The number of anilines is 5. The third kappa shape index (κ3) is 3.52. The Morgan fingerprint density at radius 2 is 1.20 bits per heavy atom.